The largest absolute Gasteiger partial charge is 0.477 e. The van der Waals surface area contributed by atoms with Gasteiger partial charge in [-0.05, 0) is 25.6 Å². The van der Waals surface area contributed by atoms with E-state index >= 15 is 0 Å². The molecule has 7 heteroatoms. The Morgan fingerprint density at radius 3 is 2.76 bits per heavy atom. The molecular weight excluding hydrogens is 272 g/mol. The predicted octanol–water partition coefficient (Wildman–Crippen LogP) is 0.625. The molecule has 0 saturated carbocycles. The Bertz CT molecular complexity index is 517. The van der Waals surface area contributed by atoms with E-state index in [1.165, 1.54) is 12.3 Å². The second-order valence-corrected chi connectivity index (χ2v) is 5.29. The number of carbonyl (C=O) groups excluding carboxylic acids is 1. The lowest BCUT2D eigenvalue weighted by molar-refractivity contribution is 0.0690. The van der Waals surface area contributed by atoms with Gasteiger partial charge in [0, 0.05) is 38.4 Å². The van der Waals surface area contributed by atoms with Crippen molar-refractivity contribution in [3.63, 3.8) is 0 Å². The number of rotatable bonds is 3. The number of nitrogens with one attached hydrogen (secondary N) is 1. The van der Waals surface area contributed by atoms with Gasteiger partial charge in [-0.25, -0.2) is 14.6 Å². The summed E-state index contributed by atoms with van der Waals surface area (Å²) in [4.78, 5) is 30.6. The maximum absolute atomic E-state index is 12.1. The molecule has 0 radical (unpaired) electrons. The summed E-state index contributed by atoms with van der Waals surface area (Å²) in [5.41, 5.74) is 0.772. The number of aromatic nitrogens is 1. The lowest BCUT2D eigenvalue weighted by atomic mass is 10.2. The number of carbonyl (C=O) groups is 2. The van der Waals surface area contributed by atoms with Crippen LogP contribution in [0.15, 0.2) is 18.3 Å². The first-order chi connectivity index (χ1) is 9.97. The van der Waals surface area contributed by atoms with E-state index in [4.69, 9.17) is 5.11 Å². The fourth-order valence-electron chi connectivity index (χ4n) is 2.18. The topological polar surface area (TPSA) is 85.8 Å². The molecule has 1 fully saturated rings. The van der Waals surface area contributed by atoms with Crippen molar-refractivity contribution in [2.45, 2.75) is 19.5 Å². The number of amides is 2. The first kappa shape index (κ1) is 15.2. The number of pyridine rings is 1. The number of aromatic carboxylic acids is 1. The fraction of sp³-hybridized carbons (Fsp3) is 0.500. The molecule has 1 aliphatic rings. The number of urea groups is 1. The smallest absolute Gasteiger partial charge is 0.354 e. The maximum atomic E-state index is 12.1. The van der Waals surface area contributed by atoms with Crippen molar-refractivity contribution in [1.82, 2.24) is 20.1 Å². The van der Waals surface area contributed by atoms with E-state index in [1.54, 1.807) is 11.0 Å². The monoisotopic (exact) mass is 292 g/mol. The molecule has 21 heavy (non-hydrogen) atoms. The minimum Gasteiger partial charge on any atom is -0.477 e. The van der Waals surface area contributed by atoms with E-state index in [1.807, 2.05) is 0 Å². The van der Waals surface area contributed by atoms with E-state index < -0.39 is 5.97 Å². The van der Waals surface area contributed by atoms with Crippen molar-refractivity contribution >= 4 is 12.0 Å². The molecule has 114 valence electrons. The highest BCUT2D eigenvalue weighted by molar-refractivity contribution is 5.85. The van der Waals surface area contributed by atoms with Crippen LogP contribution in [-0.2, 0) is 6.54 Å². The molecule has 1 aromatic heterocycles. The summed E-state index contributed by atoms with van der Waals surface area (Å²) < 4.78 is 0. The summed E-state index contributed by atoms with van der Waals surface area (Å²) in [6.07, 6.45) is 1.47. The third-order valence-corrected chi connectivity index (χ3v) is 3.73. The van der Waals surface area contributed by atoms with Crippen LogP contribution >= 0.6 is 0 Å². The molecular formula is C14H20N4O3. The van der Waals surface area contributed by atoms with Gasteiger partial charge in [0.2, 0.25) is 0 Å². The van der Waals surface area contributed by atoms with Gasteiger partial charge in [-0.15, -0.1) is 0 Å². The van der Waals surface area contributed by atoms with Crippen LogP contribution in [-0.4, -0.2) is 64.6 Å². The predicted molar refractivity (Wildman–Crippen MR) is 77.1 cm³/mol. The van der Waals surface area contributed by atoms with Crippen molar-refractivity contribution in [2.24, 2.45) is 0 Å². The highest BCUT2D eigenvalue weighted by Gasteiger charge is 2.23. The van der Waals surface area contributed by atoms with Gasteiger partial charge in [0.05, 0.1) is 0 Å². The van der Waals surface area contributed by atoms with Gasteiger partial charge in [-0.1, -0.05) is 6.07 Å². The van der Waals surface area contributed by atoms with Crippen LogP contribution in [0.25, 0.3) is 0 Å². The third kappa shape index (κ3) is 3.91. The summed E-state index contributed by atoms with van der Waals surface area (Å²) in [6, 6.07) is 3.34. The molecule has 2 rings (SSSR count). The fourth-order valence-corrected chi connectivity index (χ4v) is 2.18. The zero-order valence-electron chi connectivity index (χ0n) is 12.2. The van der Waals surface area contributed by atoms with E-state index in [0.717, 1.165) is 12.1 Å². The van der Waals surface area contributed by atoms with Gasteiger partial charge in [0.25, 0.3) is 0 Å². The Morgan fingerprint density at radius 2 is 2.19 bits per heavy atom. The average molecular weight is 292 g/mol. The molecule has 1 unspecified atom stereocenters. The molecule has 1 aliphatic heterocycles. The number of hydrogen-bond acceptors (Lipinski definition) is 4. The van der Waals surface area contributed by atoms with Crippen LogP contribution in [0.3, 0.4) is 0 Å². The summed E-state index contributed by atoms with van der Waals surface area (Å²) in [5, 5.41) is 11.6. The minimum absolute atomic E-state index is 0.00188. The number of hydrogen-bond donors (Lipinski definition) is 2. The molecule has 0 aliphatic carbocycles. The number of carboxylic acid groups (broad SMARTS) is 1. The Kier molecular flexibility index (Phi) is 4.74. The van der Waals surface area contributed by atoms with E-state index in [9.17, 15) is 9.59 Å². The van der Waals surface area contributed by atoms with Crippen molar-refractivity contribution in [2.75, 3.05) is 26.7 Å². The van der Waals surface area contributed by atoms with Gasteiger partial charge in [-0.3, -0.25) is 0 Å². The average Bonchev–Trinajstić information content (AvgIpc) is 2.48. The SMILES string of the molecule is CC1CN(C(=O)NCc2ccc(C(=O)O)nc2)CCN1C. The van der Waals surface area contributed by atoms with Gasteiger partial charge in [0.15, 0.2) is 0 Å². The van der Waals surface area contributed by atoms with Gasteiger partial charge >= 0.3 is 12.0 Å². The highest BCUT2D eigenvalue weighted by Crippen LogP contribution is 2.07. The minimum atomic E-state index is -1.06. The molecule has 7 nitrogen and oxygen atoms in total. The van der Waals surface area contributed by atoms with Crippen LogP contribution < -0.4 is 5.32 Å². The second-order valence-electron chi connectivity index (χ2n) is 5.29. The number of likely N-dealkylation sites (N-methyl/N-ethyl adjacent to an activating group) is 1. The number of carboxylic acids is 1. The normalized spacial score (nSPS) is 19.3. The molecule has 0 spiro atoms. The molecule has 0 aromatic carbocycles. The van der Waals surface area contributed by atoms with Crippen molar-refractivity contribution in [3.8, 4) is 0 Å². The Morgan fingerprint density at radius 1 is 1.43 bits per heavy atom. The van der Waals surface area contributed by atoms with E-state index in [-0.39, 0.29) is 11.7 Å². The van der Waals surface area contributed by atoms with Crippen LogP contribution in [0, 0.1) is 0 Å². The molecule has 1 atom stereocenters. The first-order valence-electron chi connectivity index (χ1n) is 6.88. The van der Waals surface area contributed by atoms with Crippen molar-refractivity contribution in [3.05, 3.63) is 29.6 Å². The molecule has 0 bridgehead atoms. The van der Waals surface area contributed by atoms with E-state index in [0.29, 0.717) is 25.7 Å². The standard InChI is InChI=1S/C14H20N4O3/c1-10-9-18(6-5-17(10)2)14(21)16-8-11-3-4-12(13(19)20)15-7-11/h3-4,7,10H,5-6,8-9H2,1-2H3,(H,16,21)(H,19,20). The zero-order chi connectivity index (χ0) is 15.4. The molecule has 1 aromatic rings. The van der Waals surface area contributed by atoms with Crippen molar-refractivity contribution < 1.29 is 14.7 Å². The summed E-state index contributed by atoms with van der Waals surface area (Å²) in [7, 11) is 2.05. The Balaban J connectivity index is 1.85. The van der Waals surface area contributed by atoms with Crippen molar-refractivity contribution in [1.29, 1.82) is 0 Å². The third-order valence-electron chi connectivity index (χ3n) is 3.73. The molecule has 2 N–H and O–H groups in total. The zero-order valence-corrected chi connectivity index (χ0v) is 12.2. The summed E-state index contributed by atoms with van der Waals surface area (Å²) in [5.74, 6) is -1.06. The quantitative estimate of drug-likeness (QED) is 0.853. The van der Waals surface area contributed by atoms with Crippen LogP contribution in [0.4, 0.5) is 4.79 Å². The molecule has 2 heterocycles. The molecule has 2 amide bonds. The van der Waals surface area contributed by atoms with Crippen LogP contribution in [0.5, 0.6) is 0 Å². The molecule has 1 saturated heterocycles. The number of piperazine rings is 1. The second kappa shape index (κ2) is 6.53. The van der Waals surface area contributed by atoms with Gasteiger partial charge in [0.1, 0.15) is 5.69 Å². The van der Waals surface area contributed by atoms with Gasteiger partial charge in [-0.2, -0.15) is 0 Å². The lowest BCUT2D eigenvalue weighted by Crippen LogP contribution is -2.54. The first-order valence-corrected chi connectivity index (χ1v) is 6.88. The Labute approximate surface area is 123 Å². The van der Waals surface area contributed by atoms with Crippen LogP contribution in [0.1, 0.15) is 23.0 Å². The van der Waals surface area contributed by atoms with Crippen LogP contribution in [0.2, 0.25) is 0 Å². The van der Waals surface area contributed by atoms with Gasteiger partial charge < -0.3 is 20.2 Å². The Hall–Kier alpha value is -2.15. The lowest BCUT2D eigenvalue weighted by Gasteiger charge is -2.37. The number of nitrogens with zero attached hydrogens (tertiary/aromatic N) is 3. The highest BCUT2D eigenvalue weighted by atomic mass is 16.4. The summed E-state index contributed by atoms with van der Waals surface area (Å²) >= 11 is 0. The summed E-state index contributed by atoms with van der Waals surface area (Å²) in [6.45, 7) is 4.71. The maximum Gasteiger partial charge on any atom is 0.354 e. The van der Waals surface area contributed by atoms with E-state index in [2.05, 4.69) is 29.2 Å².